The first-order chi connectivity index (χ1) is 9.66. The van der Waals surface area contributed by atoms with Gasteiger partial charge >= 0.3 is 0 Å². The zero-order chi connectivity index (χ0) is 14.1. The molecule has 2 heterocycles. The van der Waals surface area contributed by atoms with E-state index < -0.39 is 0 Å². The molecule has 1 aliphatic heterocycles. The zero-order valence-corrected chi connectivity index (χ0v) is 12.5. The van der Waals surface area contributed by atoms with Gasteiger partial charge in [-0.15, -0.1) is 10.2 Å². The number of hydrogen-bond donors (Lipinski definition) is 0. The topological polar surface area (TPSA) is 46.1 Å². The smallest absolute Gasteiger partial charge is 0.274 e. The molecule has 3 atom stereocenters. The molecule has 4 nitrogen and oxygen atoms in total. The second kappa shape index (κ2) is 5.68. The minimum absolute atomic E-state index is 0.0120. The van der Waals surface area contributed by atoms with Gasteiger partial charge in [-0.05, 0) is 43.2 Å². The molecule has 2 aliphatic rings. The summed E-state index contributed by atoms with van der Waals surface area (Å²) < 4.78 is 0. The second-order valence-corrected chi connectivity index (χ2v) is 6.41. The SMILES string of the molecule is CC1CCN(C(=O)c2ccc(Cl)nn2)C2CCCCC12. The molecule has 0 radical (unpaired) electrons. The molecule has 108 valence electrons. The summed E-state index contributed by atoms with van der Waals surface area (Å²) in [6.07, 6.45) is 6.00. The van der Waals surface area contributed by atoms with Gasteiger partial charge in [0, 0.05) is 12.6 Å². The fraction of sp³-hybridized carbons (Fsp3) is 0.667. The maximum atomic E-state index is 12.7. The first-order valence-electron chi connectivity index (χ1n) is 7.47. The summed E-state index contributed by atoms with van der Waals surface area (Å²) in [5, 5.41) is 8.04. The fourth-order valence-electron chi connectivity index (χ4n) is 3.74. The Labute approximate surface area is 124 Å². The van der Waals surface area contributed by atoms with Crippen molar-refractivity contribution in [3.8, 4) is 0 Å². The predicted molar refractivity (Wildman–Crippen MR) is 77.6 cm³/mol. The lowest BCUT2D eigenvalue weighted by molar-refractivity contribution is 0.0212. The number of carbonyl (C=O) groups is 1. The van der Waals surface area contributed by atoms with Gasteiger partial charge in [0.2, 0.25) is 0 Å². The van der Waals surface area contributed by atoms with Crippen molar-refractivity contribution in [2.75, 3.05) is 6.54 Å². The Morgan fingerprint density at radius 2 is 2.05 bits per heavy atom. The van der Waals surface area contributed by atoms with Crippen molar-refractivity contribution < 1.29 is 4.79 Å². The quantitative estimate of drug-likeness (QED) is 0.799. The van der Waals surface area contributed by atoms with Crippen molar-refractivity contribution in [1.29, 1.82) is 0 Å². The average Bonchev–Trinajstić information content (AvgIpc) is 2.48. The third-order valence-corrected chi connectivity index (χ3v) is 5.05. The molecular formula is C15H20ClN3O. The van der Waals surface area contributed by atoms with Gasteiger partial charge in [0.25, 0.3) is 5.91 Å². The van der Waals surface area contributed by atoms with E-state index in [1.807, 2.05) is 4.90 Å². The maximum absolute atomic E-state index is 12.7. The first-order valence-corrected chi connectivity index (χ1v) is 7.85. The normalized spacial score (nSPS) is 29.9. The third-order valence-electron chi connectivity index (χ3n) is 4.85. The van der Waals surface area contributed by atoms with E-state index in [0.29, 0.717) is 22.8 Å². The van der Waals surface area contributed by atoms with Crippen LogP contribution in [-0.2, 0) is 0 Å². The van der Waals surface area contributed by atoms with Gasteiger partial charge in [-0.1, -0.05) is 31.4 Å². The lowest BCUT2D eigenvalue weighted by atomic mass is 9.72. The van der Waals surface area contributed by atoms with Crippen LogP contribution < -0.4 is 0 Å². The van der Waals surface area contributed by atoms with E-state index in [0.717, 1.165) is 25.3 Å². The van der Waals surface area contributed by atoms with Gasteiger partial charge in [-0.2, -0.15) is 0 Å². The van der Waals surface area contributed by atoms with Gasteiger partial charge < -0.3 is 4.90 Å². The van der Waals surface area contributed by atoms with E-state index in [-0.39, 0.29) is 5.91 Å². The molecule has 1 amide bonds. The van der Waals surface area contributed by atoms with Crippen LogP contribution in [0.4, 0.5) is 0 Å². The Hall–Kier alpha value is -1.16. The van der Waals surface area contributed by atoms with Crippen LogP contribution in [0.25, 0.3) is 0 Å². The highest BCUT2D eigenvalue weighted by Gasteiger charge is 2.39. The summed E-state index contributed by atoms with van der Waals surface area (Å²) in [7, 11) is 0. The number of hydrogen-bond acceptors (Lipinski definition) is 3. The highest BCUT2D eigenvalue weighted by molar-refractivity contribution is 6.29. The molecule has 0 N–H and O–H groups in total. The van der Waals surface area contributed by atoms with E-state index in [1.54, 1.807) is 12.1 Å². The standard InChI is InChI=1S/C15H20ClN3O/c1-10-8-9-19(13-5-3-2-4-11(10)13)15(20)12-6-7-14(16)18-17-12/h6-7,10-11,13H,2-5,8-9H2,1H3. The summed E-state index contributed by atoms with van der Waals surface area (Å²) in [4.78, 5) is 14.7. The zero-order valence-electron chi connectivity index (χ0n) is 11.8. The van der Waals surface area contributed by atoms with Crippen LogP contribution in [0.1, 0.15) is 49.5 Å². The molecular weight excluding hydrogens is 274 g/mol. The Morgan fingerprint density at radius 1 is 1.25 bits per heavy atom. The highest BCUT2D eigenvalue weighted by Crippen LogP contribution is 2.39. The molecule has 0 aromatic carbocycles. The van der Waals surface area contributed by atoms with Gasteiger partial charge in [0.1, 0.15) is 0 Å². The Kier molecular flexibility index (Phi) is 3.92. The van der Waals surface area contributed by atoms with Gasteiger partial charge in [0.15, 0.2) is 10.8 Å². The van der Waals surface area contributed by atoms with E-state index >= 15 is 0 Å². The van der Waals surface area contributed by atoms with E-state index in [9.17, 15) is 4.79 Å². The largest absolute Gasteiger partial charge is 0.334 e. The lowest BCUT2D eigenvalue weighted by Gasteiger charge is -2.47. The van der Waals surface area contributed by atoms with Crippen LogP contribution in [0, 0.1) is 11.8 Å². The summed E-state index contributed by atoms with van der Waals surface area (Å²) in [5.74, 6) is 1.39. The maximum Gasteiger partial charge on any atom is 0.274 e. The van der Waals surface area contributed by atoms with E-state index in [1.165, 1.54) is 19.3 Å². The molecule has 3 rings (SSSR count). The van der Waals surface area contributed by atoms with Crippen molar-refractivity contribution in [1.82, 2.24) is 15.1 Å². The number of piperidine rings is 1. The van der Waals surface area contributed by atoms with Crippen LogP contribution in [0.5, 0.6) is 0 Å². The van der Waals surface area contributed by atoms with Crippen molar-refractivity contribution in [3.63, 3.8) is 0 Å². The molecule has 1 aromatic rings. The number of fused-ring (bicyclic) bond motifs is 1. The second-order valence-electron chi connectivity index (χ2n) is 6.02. The molecule has 3 unspecified atom stereocenters. The molecule has 0 bridgehead atoms. The minimum atomic E-state index is 0.0120. The molecule has 2 fully saturated rings. The minimum Gasteiger partial charge on any atom is -0.334 e. The number of likely N-dealkylation sites (tertiary alicyclic amines) is 1. The summed E-state index contributed by atoms with van der Waals surface area (Å²) >= 11 is 5.73. The number of amides is 1. The number of carbonyl (C=O) groups excluding carboxylic acids is 1. The Balaban J connectivity index is 1.81. The molecule has 1 saturated carbocycles. The van der Waals surface area contributed by atoms with E-state index in [4.69, 9.17) is 11.6 Å². The molecule has 5 heteroatoms. The molecule has 1 aromatic heterocycles. The molecule has 1 aliphatic carbocycles. The van der Waals surface area contributed by atoms with Crippen LogP contribution >= 0.6 is 11.6 Å². The van der Waals surface area contributed by atoms with Gasteiger partial charge in [-0.3, -0.25) is 4.79 Å². The third kappa shape index (κ3) is 2.53. The van der Waals surface area contributed by atoms with Crippen LogP contribution in [0.15, 0.2) is 12.1 Å². The van der Waals surface area contributed by atoms with Gasteiger partial charge in [0.05, 0.1) is 0 Å². The predicted octanol–water partition coefficient (Wildman–Crippen LogP) is 3.17. The van der Waals surface area contributed by atoms with E-state index in [2.05, 4.69) is 17.1 Å². The van der Waals surface area contributed by atoms with Crippen molar-refractivity contribution in [2.24, 2.45) is 11.8 Å². The number of nitrogens with zero attached hydrogens (tertiary/aromatic N) is 3. The molecule has 20 heavy (non-hydrogen) atoms. The summed E-state index contributed by atoms with van der Waals surface area (Å²) in [6.45, 7) is 3.17. The Morgan fingerprint density at radius 3 is 2.80 bits per heavy atom. The van der Waals surface area contributed by atoms with Crippen molar-refractivity contribution in [3.05, 3.63) is 23.0 Å². The van der Waals surface area contributed by atoms with Crippen molar-refractivity contribution >= 4 is 17.5 Å². The average molecular weight is 294 g/mol. The summed E-state index contributed by atoms with van der Waals surface area (Å²) in [6, 6.07) is 3.69. The Bertz CT molecular complexity index is 490. The first kappa shape index (κ1) is 13.8. The number of halogens is 1. The number of aromatic nitrogens is 2. The van der Waals surface area contributed by atoms with Crippen LogP contribution in [-0.4, -0.2) is 33.6 Å². The molecule has 1 saturated heterocycles. The van der Waals surface area contributed by atoms with Crippen LogP contribution in [0.3, 0.4) is 0 Å². The number of rotatable bonds is 1. The monoisotopic (exact) mass is 293 g/mol. The highest BCUT2D eigenvalue weighted by atomic mass is 35.5. The lowest BCUT2D eigenvalue weighted by Crippen LogP contribution is -2.52. The van der Waals surface area contributed by atoms with Crippen molar-refractivity contribution in [2.45, 2.75) is 45.1 Å². The summed E-state index contributed by atoms with van der Waals surface area (Å²) in [5.41, 5.74) is 0.410. The molecule has 0 spiro atoms. The van der Waals surface area contributed by atoms with Gasteiger partial charge in [-0.25, -0.2) is 0 Å². The van der Waals surface area contributed by atoms with Crippen LogP contribution in [0.2, 0.25) is 5.15 Å². The fourth-order valence-corrected chi connectivity index (χ4v) is 3.84.